The molecule has 0 saturated heterocycles. The smallest absolute Gasteiger partial charge is 0.318 e. The number of carbonyl (C=O) groups excluding carboxylic acids is 1. The number of aromatic nitrogens is 1. The monoisotopic (exact) mass is 333 g/mol. The number of hydrogen-bond donors (Lipinski definition) is 0. The Hall–Kier alpha value is -2.68. The highest BCUT2D eigenvalue weighted by Gasteiger charge is 2.18. The van der Waals surface area contributed by atoms with Gasteiger partial charge in [0.1, 0.15) is 5.75 Å². The average Bonchev–Trinajstić information content (AvgIpc) is 2.61. The topological polar surface area (TPSA) is 39.2 Å². The van der Waals surface area contributed by atoms with Crippen molar-refractivity contribution in [1.82, 2.24) is 4.98 Å². The lowest BCUT2D eigenvalue weighted by Gasteiger charge is -2.13. The van der Waals surface area contributed by atoms with E-state index >= 15 is 0 Å². The molecule has 3 nitrogen and oxygen atoms in total. The number of pyridine rings is 1. The van der Waals surface area contributed by atoms with Gasteiger partial charge in [-0.25, -0.2) is 0 Å². The van der Waals surface area contributed by atoms with Gasteiger partial charge in [-0.05, 0) is 54.0 Å². The molecule has 1 aromatic heterocycles. The SMILES string of the molecule is CC(C)Cc1ccc(C(C)C(=O)Oc2ccc3ccncc3c2)cc1. The Morgan fingerprint density at radius 3 is 2.48 bits per heavy atom. The fourth-order valence-corrected chi connectivity index (χ4v) is 2.88. The first kappa shape index (κ1) is 17.2. The molecule has 0 aliphatic rings. The van der Waals surface area contributed by atoms with Crippen LogP contribution in [0.2, 0.25) is 0 Å². The number of esters is 1. The Kier molecular flexibility index (Phi) is 5.13. The highest BCUT2D eigenvalue weighted by Crippen LogP contribution is 2.23. The van der Waals surface area contributed by atoms with E-state index in [1.807, 2.05) is 43.3 Å². The summed E-state index contributed by atoms with van der Waals surface area (Å²) in [6.45, 7) is 6.28. The third-order valence-corrected chi connectivity index (χ3v) is 4.31. The van der Waals surface area contributed by atoms with Crippen molar-refractivity contribution >= 4 is 16.7 Å². The molecule has 1 unspecified atom stereocenters. The molecule has 3 heteroatoms. The van der Waals surface area contributed by atoms with E-state index in [1.165, 1.54) is 5.56 Å². The molecule has 128 valence electrons. The maximum Gasteiger partial charge on any atom is 0.318 e. The number of rotatable bonds is 5. The van der Waals surface area contributed by atoms with Crippen LogP contribution >= 0.6 is 0 Å². The van der Waals surface area contributed by atoms with Crippen molar-refractivity contribution in [3.63, 3.8) is 0 Å². The van der Waals surface area contributed by atoms with Crippen molar-refractivity contribution in [2.24, 2.45) is 5.92 Å². The van der Waals surface area contributed by atoms with Crippen molar-refractivity contribution in [1.29, 1.82) is 0 Å². The summed E-state index contributed by atoms with van der Waals surface area (Å²) in [4.78, 5) is 16.6. The minimum absolute atomic E-state index is 0.250. The molecule has 0 aliphatic heterocycles. The summed E-state index contributed by atoms with van der Waals surface area (Å²) in [5, 5.41) is 2.03. The number of fused-ring (bicyclic) bond motifs is 1. The van der Waals surface area contributed by atoms with Crippen molar-refractivity contribution in [3.8, 4) is 5.75 Å². The van der Waals surface area contributed by atoms with Crippen LogP contribution < -0.4 is 4.74 Å². The van der Waals surface area contributed by atoms with E-state index in [4.69, 9.17) is 4.74 Å². The van der Waals surface area contributed by atoms with E-state index in [2.05, 4.69) is 31.0 Å². The predicted molar refractivity (Wildman–Crippen MR) is 101 cm³/mol. The molecule has 1 heterocycles. The van der Waals surface area contributed by atoms with Gasteiger partial charge in [0.2, 0.25) is 0 Å². The first-order valence-electron chi connectivity index (χ1n) is 8.67. The lowest BCUT2D eigenvalue weighted by molar-refractivity contribution is -0.135. The molecule has 0 fully saturated rings. The summed E-state index contributed by atoms with van der Waals surface area (Å²) >= 11 is 0. The molecular formula is C22H23NO2. The van der Waals surface area contributed by atoms with Gasteiger partial charge in [0, 0.05) is 17.8 Å². The molecule has 3 aromatic rings. The second-order valence-corrected chi connectivity index (χ2v) is 6.87. The summed E-state index contributed by atoms with van der Waals surface area (Å²) in [5.74, 6) is 0.613. The van der Waals surface area contributed by atoms with Gasteiger partial charge in [0.05, 0.1) is 5.92 Å². The van der Waals surface area contributed by atoms with Crippen LogP contribution in [-0.2, 0) is 11.2 Å². The molecule has 2 aromatic carbocycles. The Morgan fingerprint density at radius 2 is 1.76 bits per heavy atom. The molecule has 0 amide bonds. The van der Waals surface area contributed by atoms with Crippen molar-refractivity contribution in [3.05, 3.63) is 72.1 Å². The van der Waals surface area contributed by atoms with Gasteiger partial charge in [-0.1, -0.05) is 44.2 Å². The minimum Gasteiger partial charge on any atom is -0.426 e. The number of hydrogen-bond acceptors (Lipinski definition) is 3. The first-order valence-corrected chi connectivity index (χ1v) is 8.67. The molecule has 0 saturated carbocycles. The minimum atomic E-state index is -0.308. The van der Waals surface area contributed by atoms with E-state index in [9.17, 15) is 4.79 Å². The molecule has 3 rings (SSSR count). The third-order valence-electron chi connectivity index (χ3n) is 4.31. The molecule has 0 bridgehead atoms. The van der Waals surface area contributed by atoms with Crippen molar-refractivity contribution in [2.75, 3.05) is 0 Å². The Morgan fingerprint density at radius 1 is 1.00 bits per heavy atom. The van der Waals surface area contributed by atoms with Crippen LogP contribution in [0, 0.1) is 5.92 Å². The second-order valence-electron chi connectivity index (χ2n) is 6.87. The van der Waals surface area contributed by atoms with Gasteiger partial charge in [0.15, 0.2) is 0 Å². The molecular weight excluding hydrogens is 310 g/mol. The zero-order valence-electron chi connectivity index (χ0n) is 14.9. The van der Waals surface area contributed by atoms with E-state index in [0.29, 0.717) is 11.7 Å². The highest BCUT2D eigenvalue weighted by molar-refractivity contribution is 5.85. The maximum atomic E-state index is 12.5. The van der Waals surface area contributed by atoms with E-state index in [-0.39, 0.29) is 11.9 Å². The summed E-state index contributed by atoms with van der Waals surface area (Å²) in [5.41, 5.74) is 2.27. The number of carbonyl (C=O) groups is 1. The molecule has 0 radical (unpaired) electrons. The molecule has 1 atom stereocenters. The lowest BCUT2D eigenvalue weighted by Crippen LogP contribution is -2.16. The lowest BCUT2D eigenvalue weighted by atomic mass is 9.97. The third kappa shape index (κ3) is 4.24. The summed E-state index contributed by atoms with van der Waals surface area (Å²) in [7, 11) is 0. The molecule has 0 N–H and O–H groups in total. The quantitative estimate of drug-likeness (QED) is 0.479. The molecule has 0 aliphatic carbocycles. The van der Waals surface area contributed by atoms with E-state index in [1.54, 1.807) is 12.4 Å². The molecule has 25 heavy (non-hydrogen) atoms. The average molecular weight is 333 g/mol. The first-order chi connectivity index (χ1) is 12.0. The summed E-state index contributed by atoms with van der Waals surface area (Å²) < 4.78 is 5.57. The fraction of sp³-hybridized carbons (Fsp3) is 0.273. The van der Waals surface area contributed by atoms with Gasteiger partial charge in [0.25, 0.3) is 0 Å². The zero-order valence-corrected chi connectivity index (χ0v) is 14.9. The predicted octanol–water partition coefficient (Wildman–Crippen LogP) is 5.14. The fourth-order valence-electron chi connectivity index (χ4n) is 2.88. The molecule has 0 spiro atoms. The zero-order chi connectivity index (χ0) is 17.8. The summed E-state index contributed by atoms with van der Waals surface area (Å²) in [6.07, 6.45) is 4.56. The largest absolute Gasteiger partial charge is 0.426 e. The van der Waals surface area contributed by atoms with Crippen LogP contribution in [0.4, 0.5) is 0 Å². The van der Waals surface area contributed by atoms with E-state index < -0.39 is 0 Å². The Labute approximate surface area is 148 Å². The Balaban J connectivity index is 1.70. The normalized spacial score (nSPS) is 12.3. The van der Waals surface area contributed by atoms with Crippen LogP contribution in [0.25, 0.3) is 10.8 Å². The summed E-state index contributed by atoms with van der Waals surface area (Å²) in [6, 6.07) is 15.8. The van der Waals surface area contributed by atoms with Gasteiger partial charge in [-0.15, -0.1) is 0 Å². The van der Waals surface area contributed by atoms with Gasteiger partial charge in [-0.2, -0.15) is 0 Å². The van der Waals surface area contributed by atoms with E-state index in [0.717, 1.165) is 22.8 Å². The highest BCUT2D eigenvalue weighted by atomic mass is 16.5. The van der Waals surface area contributed by atoms with Crippen LogP contribution in [0.1, 0.15) is 37.8 Å². The number of nitrogens with zero attached hydrogens (tertiary/aromatic N) is 1. The maximum absolute atomic E-state index is 12.5. The Bertz CT molecular complexity index is 869. The number of benzene rings is 2. The van der Waals surface area contributed by atoms with Crippen LogP contribution in [-0.4, -0.2) is 11.0 Å². The van der Waals surface area contributed by atoms with Crippen LogP contribution in [0.15, 0.2) is 60.9 Å². The second kappa shape index (κ2) is 7.47. The number of ether oxygens (including phenoxy) is 1. The van der Waals surface area contributed by atoms with Crippen LogP contribution in [0.3, 0.4) is 0 Å². The van der Waals surface area contributed by atoms with Crippen LogP contribution in [0.5, 0.6) is 5.75 Å². The standard InChI is InChI=1S/C22H23NO2/c1-15(2)12-17-4-6-18(7-5-17)16(3)22(24)25-21-9-8-19-10-11-23-14-20(19)13-21/h4-11,13-16H,12H2,1-3H3. The van der Waals surface area contributed by atoms with Gasteiger partial charge < -0.3 is 4.74 Å². The van der Waals surface area contributed by atoms with Crippen molar-refractivity contribution < 1.29 is 9.53 Å². The van der Waals surface area contributed by atoms with Gasteiger partial charge >= 0.3 is 5.97 Å². The van der Waals surface area contributed by atoms with Gasteiger partial charge in [-0.3, -0.25) is 9.78 Å². The van der Waals surface area contributed by atoms with Crippen molar-refractivity contribution in [2.45, 2.75) is 33.1 Å².